The fraction of sp³-hybridized carbons (Fsp3) is 0.353. The van der Waals surface area contributed by atoms with Crippen LogP contribution in [0.3, 0.4) is 0 Å². The van der Waals surface area contributed by atoms with Crippen LogP contribution in [0.5, 0.6) is 0 Å². The summed E-state index contributed by atoms with van der Waals surface area (Å²) >= 11 is 0. The fourth-order valence-corrected chi connectivity index (χ4v) is 3.56. The summed E-state index contributed by atoms with van der Waals surface area (Å²) in [5.41, 5.74) is 1.04. The number of carboxylic acid groups (broad SMARTS) is 1. The molecule has 1 amide bonds. The predicted molar refractivity (Wildman–Crippen MR) is 80.4 cm³/mol. The lowest BCUT2D eigenvalue weighted by Gasteiger charge is -2.23. The highest BCUT2D eigenvalue weighted by molar-refractivity contribution is 5.99. The minimum absolute atomic E-state index is 0.0120. The number of amides is 1. The molecule has 1 saturated carbocycles. The van der Waals surface area contributed by atoms with E-state index in [2.05, 4.69) is 5.32 Å². The van der Waals surface area contributed by atoms with E-state index in [1.165, 1.54) is 6.92 Å². The van der Waals surface area contributed by atoms with Crippen LogP contribution in [-0.4, -0.2) is 22.8 Å². The summed E-state index contributed by atoms with van der Waals surface area (Å²) in [5, 5.41) is 12.1. The summed E-state index contributed by atoms with van der Waals surface area (Å²) in [6, 6.07) is 6.68. The molecule has 2 N–H and O–H groups in total. The third-order valence-electron chi connectivity index (χ3n) is 4.58. The van der Waals surface area contributed by atoms with Crippen LogP contribution in [0.1, 0.15) is 23.7 Å². The third kappa shape index (κ3) is 2.43. The van der Waals surface area contributed by atoms with Crippen molar-refractivity contribution in [3.63, 3.8) is 0 Å². The Morgan fingerprint density at radius 1 is 1.14 bits per heavy atom. The smallest absolute Gasteiger partial charge is 0.307 e. The summed E-state index contributed by atoms with van der Waals surface area (Å²) in [6.07, 6.45) is 4.58. The summed E-state index contributed by atoms with van der Waals surface area (Å²) in [5.74, 6) is -2.56. The molecule has 5 heteroatoms. The number of nitrogens with one attached hydrogen (secondary N) is 1. The molecule has 0 aliphatic heterocycles. The van der Waals surface area contributed by atoms with E-state index in [1.807, 2.05) is 12.2 Å². The third-order valence-corrected chi connectivity index (χ3v) is 4.58. The summed E-state index contributed by atoms with van der Waals surface area (Å²) < 4.78 is 0. The molecule has 4 atom stereocenters. The van der Waals surface area contributed by atoms with Gasteiger partial charge < -0.3 is 10.4 Å². The normalized spacial score (nSPS) is 28.6. The number of anilines is 1. The van der Waals surface area contributed by atoms with Gasteiger partial charge in [-0.05, 0) is 37.3 Å². The number of carbonyl (C=O) groups excluding carboxylic acids is 2. The molecule has 1 aromatic carbocycles. The Morgan fingerprint density at radius 3 is 2.45 bits per heavy atom. The van der Waals surface area contributed by atoms with Crippen LogP contribution in [0, 0.1) is 23.7 Å². The van der Waals surface area contributed by atoms with Crippen LogP contribution in [-0.2, 0) is 9.59 Å². The van der Waals surface area contributed by atoms with E-state index in [0.717, 1.165) is 6.42 Å². The van der Waals surface area contributed by atoms with Crippen LogP contribution in [0.4, 0.5) is 5.69 Å². The molecule has 0 spiro atoms. The number of ketones is 1. The molecule has 2 aliphatic rings. The van der Waals surface area contributed by atoms with Crippen molar-refractivity contribution in [1.29, 1.82) is 0 Å². The SMILES string of the molecule is CC(=O)c1cccc(NC(=O)[C@@H]2[C@@H](C(=O)O)[C@@H]3C=C[C@H]2C3)c1. The predicted octanol–water partition coefficient (Wildman–Crippen LogP) is 2.35. The highest BCUT2D eigenvalue weighted by atomic mass is 16.4. The molecule has 3 rings (SSSR count). The Labute approximate surface area is 128 Å². The summed E-state index contributed by atoms with van der Waals surface area (Å²) in [7, 11) is 0. The van der Waals surface area contributed by atoms with E-state index in [1.54, 1.807) is 24.3 Å². The molecular weight excluding hydrogens is 282 g/mol. The highest BCUT2D eigenvalue weighted by Gasteiger charge is 2.51. The van der Waals surface area contributed by atoms with Gasteiger partial charge >= 0.3 is 5.97 Å². The fourth-order valence-electron chi connectivity index (χ4n) is 3.56. The van der Waals surface area contributed by atoms with Crippen molar-refractivity contribution in [2.45, 2.75) is 13.3 Å². The first kappa shape index (κ1) is 14.5. The topological polar surface area (TPSA) is 83.5 Å². The zero-order valence-corrected chi connectivity index (χ0v) is 12.2. The first-order chi connectivity index (χ1) is 10.5. The van der Waals surface area contributed by atoms with Crippen LogP contribution < -0.4 is 5.32 Å². The van der Waals surface area contributed by atoms with Crippen molar-refractivity contribution < 1.29 is 19.5 Å². The monoisotopic (exact) mass is 299 g/mol. The van der Waals surface area contributed by atoms with Crippen LogP contribution in [0.2, 0.25) is 0 Å². The number of fused-ring (bicyclic) bond motifs is 2. The van der Waals surface area contributed by atoms with Crippen LogP contribution in [0.15, 0.2) is 36.4 Å². The molecule has 22 heavy (non-hydrogen) atoms. The number of hydrogen-bond acceptors (Lipinski definition) is 3. The second-order valence-electron chi connectivity index (χ2n) is 5.96. The molecule has 2 bridgehead atoms. The van der Waals surface area contributed by atoms with Gasteiger partial charge in [-0.3, -0.25) is 14.4 Å². The first-order valence-corrected chi connectivity index (χ1v) is 7.30. The van der Waals surface area contributed by atoms with Crippen molar-refractivity contribution in [3.8, 4) is 0 Å². The van der Waals surface area contributed by atoms with E-state index in [0.29, 0.717) is 11.3 Å². The molecule has 0 unspecified atom stereocenters. The number of Topliss-reactive ketones (excluding diaryl/α,β-unsaturated/α-hetero) is 1. The first-order valence-electron chi connectivity index (χ1n) is 7.30. The van der Waals surface area contributed by atoms with Gasteiger partial charge in [0, 0.05) is 11.3 Å². The summed E-state index contributed by atoms with van der Waals surface area (Å²) in [4.78, 5) is 35.3. The van der Waals surface area contributed by atoms with Gasteiger partial charge in [0.2, 0.25) is 5.91 Å². The van der Waals surface area contributed by atoms with Gasteiger partial charge in [-0.25, -0.2) is 0 Å². The molecule has 1 fully saturated rings. The number of allylic oxidation sites excluding steroid dienone is 2. The zero-order chi connectivity index (χ0) is 15.9. The van der Waals surface area contributed by atoms with Crippen molar-refractivity contribution >= 4 is 23.3 Å². The van der Waals surface area contributed by atoms with Crippen LogP contribution >= 0.6 is 0 Å². The van der Waals surface area contributed by atoms with Gasteiger partial charge in [-0.1, -0.05) is 24.3 Å². The van der Waals surface area contributed by atoms with Gasteiger partial charge in [0.1, 0.15) is 0 Å². The Bertz CT molecular complexity index is 679. The van der Waals surface area contributed by atoms with E-state index in [9.17, 15) is 19.5 Å². The van der Waals surface area contributed by atoms with Crippen molar-refractivity contribution in [1.82, 2.24) is 0 Å². The second kappa shape index (κ2) is 5.40. The maximum Gasteiger partial charge on any atom is 0.307 e. The average molecular weight is 299 g/mol. The van der Waals surface area contributed by atoms with Crippen molar-refractivity contribution in [2.75, 3.05) is 5.32 Å². The van der Waals surface area contributed by atoms with Gasteiger partial charge in [0.25, 0.3) is 0 Å². The molecule has 1 aromatic rings. The standard InChI is InChI=1S/C17H17NO4/c1-9(19)10-3-2-4-13(8-10)18-16(20)14-11-5-6-12(7-11)15(14)17(21)22/h2-6,8,11-12,14-15H,7H2,1H3,(H,18,20)(H,21,22)/t11-,12+,14-,15-/m0/s1. The number of hydrogen-bond donors (Lipinski definition) is 2. The molecule has 0 heterocycles. The Morgan fingerprint density at radius 2 is 1.82 bits per heavy atom. The Balaban J connectivity index is 1.80. The lowest BCUT2D eigenvalue weighted by molar-refractivity contribution is -0.146. The number of aliphatic carboxylic acids is 1. The lowest BCUT2D eigenvalue weighted by atomic mass is 9.82. The molecule has 114 valence electrons. The summed E-state index contributed by atoms with van der Waals surface area (Å²) in [6.45, 7) is 1.46. The minimum atomic E-state index is -0.922. The molecular formula is C17H17NO4. The van der Waals surface area contributed by atoms with Crippen molar-refractivity contribution in [3.05, 3.63) is 42.0 Å². The second-order valence-corrected chi connectivity index (χ2v) is 5.96. The molecule has 2 aliphatic carbocycles. The van der Waals surface area contributed by atoms with Gasteiger partial charge in [0.05, 0.1) is 11.8 Å². The largest absolute Gasteiger partial charge is 0.481 e. The number of carbonyl (C=O) groups is 3. The quantitative estimate of drug-likeness (QED) is 0.660. The van der Waals surface area contributed by atoms with E-state index in [-0.39, 0.29) is 23.5 Å². The van der Waals surface area contributed by atoms with Crippen LogP contribution in [0.25, 0.3) is 0 Å². The zero-order valence-electron chi connectivity index (χ0n) is 12.2. The number of carboxylic acids is 1. The van der Waals surface area contributed by atoms with E-state index < -0.39 is 17.8 Å². The molecule has 5 nitrogen and oxygen atoms in total. The maximum absolute atomic E-state index is 12.5. The van der Waals surface area contributed by atoms with Crippen molar-refractivity contribution in [2.24, 2.45) is 23.7 Å². The highest BCUT2D eigenvalue weighted by Crippen LogP contribution is 2.48. The van der Waals surface area contributed by atoms with Gasteiger partial charge in [-0.15, -0.1) is 0 Å². The Hall–Kier alpha value is -2.43. The molecule has 0 aromatic heterocycles. The minimum Gasteiger partial charge on any atom is -0.481 e. The number of benzene rings is 1. The number of rotatable bonds is 4. The maximum atomic E-state index is 12.5. The van der Waals surface area contributed by atoms with E-state index >= 15 is 0 Å². The molecule has 0 radical (unpaired) electrons. The Kier molecular flexibility index (Phi) is 3.56. The average Bonchev–Trinajstić information content (AvgIpc) is 3.07. The van der Waals surface area contributed by atoms with Gasteiger partial charge in [-0.2, -0.15) is 0 Å². The lowest BCUT2D eigenvalue weighted by Crippen LogP contribution is -2.36. The van der Waals surface area contributed by atoms with Gasteiger partial charge in [0.15, 0.2) is 5.78 Å². The molecule has 0 saturated heterocycles. The van der Waals surface area contributed by atoms with E-state index in [4.69, 9.17) is 0 Å².